The molecule has 1 aliphatic heterocycles. The summed E-state index contributed by atoms with van der Waals surface area (Å²) in [6.07, 6.45) is 2.08. The number of hydrogen-bond donors (Lipinski definition) is 2. The molecule has 0 spiro atoms. The van der Waals surface area contributed by atoms with E-state index in [0.717, 1.165) is 17.1 Å². The molecule has 3 rings (SSSR count). The summed E-state index contributed by atoms with van der Waals surface area (Å²) in [4.78, 5) is 6.19. The molecule has 138 valence electrons. The number of thiazole rings is 1. The van der Waals surface area contributed by atoms with Crippen LogP contribution >= 0.6 is 23.6 Å². The number of nitrogens with one attached hydrogen (secondary N) is 2. The molecule has 2 aromatic rings. The van der Waals surface area contributed by atoms with Crippen LogP contribution in [0, 0.1) is 6.92 Å². The highest BCUT2D eigenvalue weighted by Gasteiger charge is 2.27. The van der Waals surface area contributed by atoms with Gasteiger partial charge in [0.2, 0.25) is 0 Å². The molecule has 0 unspecified atom stereocenters. The van der Waals surface area contributed by atoms with E-state index in [4.69, 9.17) is 12.2 Å². The summed E-state index contributed by atoms with van der Waals surface area (Å²) >= 11 is 6.72. The van der Waals surface area contributed by atoms with Crippen molar-refractivity contribution in [3.8, 4) is 0 Å². The molecule has 9 heteroatoms. The van der Waals surface area contributed by atoms with Crippen LogP contribution in [-0.2, 0) is 10.0 Å². The van der Waals surface area contributed by atoms with Gasteiger partial charge in [-0.05, 0) is 70.3 Å². The molecular formula is C17H20N4O2S3. The highest BCUT2D eigenvalue weighted by molar-refractivity contribution is 7.93. The van der Waals surface area contributed by atoms with E-state index >= 15 is 0 Å². The van der Waals surface area contributed by atoms with E-state index in [-0.39, 0.29) is 10.4 Å². The molecule has 26 heavy (non-hydrogen) atoms. The largest absolute Gasteiger partial charge is 0.354 e. The predicted molar refractivity (Wildman–Crippen MR) is 110 cm³/mol. The van der Waals surface area contributed by atoms with E-state index in [0.29, 0.717) is 10.2 Å². The Bertz CT molecular complexity index is 976. The Labute approximate surface area is 163 Å². The van der Waals surface area contributed by atoms with Crippen LogP contribution in [0.1, 0.15) is 26.5 Å². The zero-order valence-electron chi connectivity index (χ0n) is 14.9. The van der Waals surface area contributed by atoms with Crippen LogP contribution in [0.3, 0.4) is 0 Å². The molecule has 6 nitrogen and oxygen atoms in total. The second-order valence-corrected chi connectivity index (χ2v) is 9.59. The van der Waals surface area contributed by atoms with Crippen LogP contribution < -0.4 is 14.9 Å². The van der Waals surface area contributed by atoms with Crippen molar-refractivity contribution in [2.24, 2.45) is 0 Å². The molecule has 0 saturated carbocycles. The molecule has 0 amide bonds. The Kier molecular flexibility index (Phi) is 4.80. The zero-order chi connectivity index (χ0) is 19.1. The lowest BCUT2D eigenvalue weighted by atomic mass is 10.0. The lowest BCUT2D eigenvalue weighted by molar-refractivity contribution is 0.560. The minimum atomic E-state index is -3.68. The van der Waals surface area contributed by atoms with Gasteiger partial charge in [-0.25, -0.2) is 13.4 Å². The summed E-state index contributed by atoms with van der Waals surface area (Å²) < 4.78 is 27.5. The van der Waals surface area contributed by atoms with Crippen molar-refractivity contribution in [1.82, 2.24) is 10.3 Å². The fourth-order valence-electron chi connectivity index (χ4n) is 2.78. The molecule has 0 fully saturated rings. The smallest absolute Gasteiger partial charge is 0.263 e. The fourth-order valence-corrected chi connectivity index (χ4v) is 5.24. The number of anilines is 2. The van der Waals surface area contributed by atoms with Crippen molar-refractivity contribution in [1.29, 1.82) is 0 Å². The molecule has 1 aliphatic rings. The maximum Gasteiger partial charge on any atom is 0.263 e. The van der Waals surface area contributed by atoms with Crippen molar-refractivity contribution in [3.05, 3.63) is 47.1 Å². The van der Waals surface area contributed by atoms with Crippen LogP contribution in [-0.4, -0.2) is 24.1 Å². The van der Waals surface area contributed by atoms with Gasteiger partial charge in [0.05, 0.1) is 16.1 Å². The Morgan fingerprint density at radius 3 is 2.42 bits per heavy atom. The van der Waals surface area contributed by atoms with Crippen LogP contribution in [0.2, 0.25) is 0 Å². The van der Waals surface area contributed by atoms with Crippen LogP contribution in [0.5, 0.6) is 0 Å². The number of sulfonamides is 1. The number of thiocarbonyl (C=S) groups is 1. The van der Waals surface area contributed by atoms with E-state index in [2.05, 4.69) is 21.1 Å². The molecule has 2 N–H and O–H groups in total. The van der Waals surface area contributed by atoms with Crippen molar-refractivity contribution in [2.75, 3.05) is 9.62 Å². The number of hydrogen-bond acceptors (Lipinski definition) is 5. The highest BCUT2D eigenvalue weighted by atomic mass is 32.2. The summed E-state index contributed by atoms with van der Waals surface area (Å²) in [5, 5.41) is 5.99. The van der Waals surface area contributed by atoms with Gasteiger partial charge in [0.25, 0.3) is 10.0 Å². The Morgan fingerprint density at radius 2 is 1.88 bits per heavy atom. The van der Waals surface area contributed by atoms with Crippen LogP contribution in [0.15, 0.2) is 46.3 Å². The first-order chi connectivity index (χ1) is 12.1. The molecule has 0 atom stereocenters. The Morgan fingerprint density at radius 1 is 1.23 bits per heavy atom. The van der Waals surface area contributed by atoms with E-state index in [9.17, 15) is 8.42 Å². The normalized spacial score (nSPS) is 16.8. The summed E-state index contributed by atoms with van der Waals surface area (Å²) in [5.74, 6) is 0. The SMILES string of the molecule is CC1=CC(C)(C)NC(=S)N1c1ccc(S(=O)(=O)Nc2nc(C)cs2)cc1. The van der Waals surface area contributed by atoms with Gasteiger partial charge in [-0.3, -0.25) is 9.62 Å². The molecular weight excluding hydrogens is 388 g/mol. The minimum Gasteiger partial charge on any atom is -0.354 e. The molecule has 0 saturated heterocycles. The van der Waals surface area contributed by atoms with E-state index in [1.165, 1.54) is 11.3 Å². The van der Waals surface area contributed by atoms with Gasteiger partial charge in [0, 0.05) is 16.8 Å². The lowest BCUT2D eigenvalue weighted by Crippen LogP contribution is -2.53. The third-order valence-electron chi connectivity index (χ3n) is 3.80. The molecule has 0 bridgehead atoms. The Hall–Kier alpha value is -1.97. The second-order valence-electron chi connectivity index (χ2n) is 6.67. The predicted octanol–water partition coefficient (Wildman–Crippen LogP) is 3.63. The molecule has 1 aromatic heterocycles. The van der Waals surface area contributed by atoms with Crippen LogP contribution in [0.4, 0.5) is 10.8 Å². The molecule has 0 radical (unpaired) electrons. The molecule has 1 aromatic carbocycles. The number of rotatable bonds is 4. The lowest BCUT2D eigenvalue weighted by Gasteiger charge is -2.38. The van der Waals surface area contributed by atoms with Gasteiger partial charge in [-0.15, -0.1) is 11.3 Å². The van der Waals surface area contributed by atoms with Crippen molar-refractivity contribution in [3.63, 3.8) is 0 Å². The summed E-state index contributed by atoms with van der Waals surface area (Å²) in [6.45, 7) is 7.88. The number of allylic oxidation sites excluding steroid dienone is 1. The van der Waals surface area contributed by atoms with Gasteiger partial charge in [-0.2, -0.15) is 0 Å². The summed E-state index contributed by atoms with van der Waals surface area (Å²) in [7, 11) is -3.68. The van der Waals surface area contributed by atoms with E-state index in [1.807, 2.05) is 32.6 Å². The van der Waals surface area contributed by atoms with Gasteiger partial charge >= 0.3 is 0 Å². The average molecular weight is 409 g/mol. The third-order valence-corrected chi connectivity index (χ3v) is 6.44. The number of nitrogens with zero attached hydrogens (tertiary/aromatic N) is 2. The number of aryl methyl sites for hydroxylation is 1. The van der Waals surface area contributed by atoms with Crippen molar-refractivity contribution in [2.45, 2.75) is 38.1 Å². The minimum absolute atomic E-state index is 0.173. The third kappa shape index (κ3) is 3.89. The van der Waals surface area contributed by atoms with E-state index < -0.39 is 10.0 Å². The first-order valence-electron chi connectivity index (χ1n) is 7.94. The Balaban J connectivity index is 1.85. The highest BCUT2D eigenvalue weighted by Crippen LogP contribution is 2.27. The summed E-state index contributed by atoms with van der Waals surface area (Å²) in [6, 6.07) is 6.61. The van der Waals surface area contributed by atoms with Gasteiger partial charge in [0.15, 0.2) is 10.2 Å². The van der Waals surface area contributed by atoms with Crippen molar-refractivity contribution >= 4 is 49.5 Å². The second kappa shape index (κ2) is 6.64. The van der Waals surface area contributed by atoms with Crippen LogP contribution in [0.25, 0.3) is 0 Å². The number of benzene rings is 1. The first-order valence-corrected chi connectivity index (χ1v) is 10.7. The standard InChI is InChI=1S/C17H20N4O2S3/c1-11-10-25-15(18-11)20-26(22,23)14-7-5-13(6-8-14)21-12(2)9-17(3,4)19-16(21)24/h5-10H,1-4H3,(H,18,20)(H,19,24). The van der Waals surface area contributed by atoms with Gasteiger partial charge in [0.1, 0.15) is 0 Å². The van der Waals surface area contributed by atoms with Gasteiger partial charge in [-0.1, -0.05) is 0 Å². The van der Waals surface area contributed by atoms with Crippen molar-refractivity contribution < 1.29 is 8.42 Å². The number of aromatic nitrogens is 1. The average Bonchev–Trinajstić information content (AvgIpc) is 2.90. The molecule has 0 aliphatic carbocycles. The maximum absolute atomic E-state index is 12.5. The monoisotopic (exact) mass is 408 g/mol. The quantitative estimate of drug-likeness (QED) is 0.753. The first kappa shape index (κ1) is 18.8. The zero-order valence-corrected chi connectivity index (χ0v) is 17.3. The molecule has 2 heterocycles. The topological polar surface area (TPSA) is 74.3 Å². The maximum atomic E-state index is 12.5. The summed E-state index contributed by atoms with van der Waals surface area (Å²) in [5.41, 5.74) is 2.36. The van der Waals surface area contributed by atoms with Gasteiger partial charge < -0.3 is 5.32 Å². The van der Waals surface area contributed by atoms with E-state index in [1.54, 1.807) is 29.6 Å². The fraction of sp³-hybridized carbons (Fsp3) is 0.294.